The molecule has 0 spiro atoms. The second-order valence-electron chi connectivity index (χ2n) is 4.87. The molecule has 1 aromatic carbocycles. The summed E-state index contributed by atoms with van der Waals surface area (Å²) >= 11 is 3.25. The van der Waals surface area contributed by atoms with Gasteiger partial charge < -0.3 is 5.32 Å². The fourth-order valence-electron chi connectivity index (χ4n) is 1.81. The zero-order chi connectivity index (χ0) is 16.9. The SMILES string of the molecule is Cc1ccnc(NC(=O)CCNS(=O)(=O)c2ccc(Br)cc2)c1. The van der Waals surface area contributed by atoms with Crippen molar-refractivity contribution in [2.75, 3.05) is 11.9 Å². The van der Waals surface area contributed by atoms with Gasteiger partial charge in [0.1, 0.15) is 5.82 Å². The third-order valence-electron chi connectivity index (χ3n) is 2.95. The Hall–Kier alpha value is -1.77. The van der Waals surface area contributed by atoms with Gasteiger partial charge in [0.05, 0.1) is 4.90 Å². The number of aromatic nitrogens is 1. The van der Waals surface area contributed by atoms with Crippen molar-refractivity contribution in [3.63, 3.8) is 0 Å². The maximum atomic E-state index is 12.1. The highest BCUT2D eigenvalue weighted by Gasteiger charge is 2.14. The molecule has 23 heavy (non-hydrogen) atoms. The summed E-state index contributed by atoms with van der Waals surface area (Å²) in [6.07, 6.45) is 1.62. The molecule has 0 unspecified atom stereocenters. The van der Waals surface area contributed by atoms with Crippen molar-refractivity contribution in [3.05, 3.63) is 52.6 Å². The van der Waals surface area contributed by atoms with Crippen molar-refractivity contribution < 1.29 is 13.2 Å². The van der Waals surface area contributed by atoms with Gasteiger partial charge in [0.15, 0.2) is 0 Å². The number of anilines is 1. The van der Waals surface area contributed by atoms with Crippen molar-refractivity contribution in [1.82, 2.24) is 9.71 Å². The van der Waals surface area contributed by atoms with E-state index in [1.165, 1.54) is 12.1 Å². The molecule has 0 fully saturated rings. The molecule has 2 N–H and O–H groups in total. The molecule has 1 amide bonds. The Bertz CT molecular complexity index is 792. The quantitative estimate of drug-likeness (QED) is 0.783. The molecule has 1 aromatic heterocycles. The lowest BCUT2D eigenvalue weighted by atomic mass is 10.3. The van der Waals surface area contributed by atoms with E-state index in [1.54, 1.807) is 24.4 Å². The summed E-state index contributed by atoms with van der Waals surface area (Å²) < 4.78 is 27.3. The second kappa shape index (κ2) is 7.67. The molecule has 2 aromatic rings. The third-order valence-corrected chi connectivity index (χ3v) is 4.96. The molecule has 0 saturated carbocycles. The number of carbonyl (C=O) groups excluding carboxylic acids is 1. The molecule has 0 aliphatic carbocycles. The van der Waals surface area contributed by atoms with Crippen molar-refractivity contribution in [3.8, 4) is 0 Å². The number of aryl methyl sites for hydroxylation is 1. The minimum atomic E-state index is -3.62. The van der Waals surface area contributed by atoms with Gasteiger partial charge in [-0.3, -0.25) is 4.79 Å². The number of hydrogen-bond donors (Lipinski definition) is 2. The number of benzene rings is 1. The van der Waals surface area contributed by atoms with Crippen LogP contribution in [0.3, 0.4) is 0 Å². The lowest BCUT2D eigenvalue weighted by Crippen LogP contribution is -2.28. The Morgan fingerprint density at radius 3 is 2.57 bits per heavy atom. The molecule has 0 saturated heterocycles. The van der Waals surface area contributed by atoms with Gasteiger partial charge in [0.25, 0.3) is 0 Å². The van der Waals surface area contributed by atoms with E-state index in [9.17, 15) is 13.2 Å². The van der Waals surface area contributed by atoms with Gasteiger partial charge in [-0.05, 0) is 48.9 Å². The summed E-state index contributed by atoms with van der Waals surface area (Å²) in [5.74, 6) is 0.146. The molecular formula is C15H16BrN3O3S. The minimum absolute atomic E-state index is 0.00997. The number of rotatable bonds is 6. The molecule has 0 radical (unpaired) electrons. The highest BCUT2D eigenvalue weighted by atomic mass is 79.9. The number of carbonyl (C=O) groups is 1. The predicted molar refractivity (Wildman–Crippen MR) is 91.6 cm³/mol. The Labute approximate surface area is 143 Å². The topological polar surface area (TPSA) is 88.2 Å². The van der Waals surface area contributed by atoms with E-state index >= 15 is 0 Å². The lowest BCUT2D eigenvalue weighted by Gasteiger charge is -2.07. The Balaban J connectivity index is 1.86. The van der Waals surface area contributed by atoms with Crippen molar-refractivity contribution in [2.24, 2.45) is 0 Å². The van der Waals surface area contributed by atoms with E-state index in [2.05, 4.69) is 31.0 Å². The number of amides is 1. The van der Waals surface area contributed by atoms with E-state index in [0.29, 0.717) is 5.82 Å². The van der Waals surface area contributed by atoms with Gasteiger partial charge in [-0.1, -0.05) is 15.9 Å². The molecule has 122 valence electrons. The van der Waals surface area contributed by atoms with Crippen molar-refractivity contribution in [2.45, 2.75) is 18.2 Å². The number of halogens is 1. The van der Waals surface area contributed by atoms with Crippen LogP contribution in [0.25, 0.3) is 0 Å². The highest BCUT2D eigenvalue weighted by molar-refractivity contribution is 9.10. The normalized spacial score (nSPS) is 11.2. The number of nitrogens with one attached hydrogen (secondary N) is 2. The largest absolute Gasteiger partial charge is 0.311 e. The Kier molecular flexibility index (Phi) is 5.86. The van der Waals surface area contributed by atoms with Crippen LogP contribution in [0.5, 0.6) is 0 Å². The minimum Gasteiger partial charge on any atom is -0.311 e. The summed E-state index contributed by atoms with van der Waals surface area (Å²) in [5, 5.41) is 2.63. The van der Waals surface area contributed by atoms with Crippen molar-refractivity contribution in [1.29, 1.82) is 0 Å². The zero-order valence-corrected chi connectivity index (χ0v) is 14.8. The van der Waals surface area contributed by atoms with Crippen LogP contribution in [0, 0.1) is 6.92 Å². The van der Waals surface area contributed by atoms with Gasteiger partial charge in [0, 0.05) is 23.6 Å². The van der Waals surface area contributed by atoms with Crippen LogP contribution in [0.1, 0.15) is 12.0 Å². The lowest BCUT2D eigenvalue weighted by molar-refractivity contribution is -0.116. The molecule has 1 heterocycles. The van der Waals surface area contributed by atoms with E-state index < -0.39 is 10.0 Å². The monoisotopic (exact) mass is 397 g/mol. The standard InChI is InChI=1S/C15H16BrN3O3S/c1-11-6-8-17-14(10-11)19-15(20)7-9-18-23(21,22)13-4-2-12(16)3-5-13/h2-6,8,10,18H,7,9H2,1H3,(H,17,19,20). The maximum Gasteiger partial charge on any atom is 0.240 e. The first-order chi connectivity index (χ1) is 10.9. The second-order valence-corrected chi connectivity index (χ2v) is 7.55. The third kappa shape index (κ3) is 5.42. The zero-order valence-electron chi connectivity index (χ0n) is 12.4. The molecule has 2 rings (SSSR count). The summed E-state index contributed by atoms with van der Waals surface area (Å²) in [5.41, 5.74) is 0.978. The highest BCUT2D eigenvalue weighted by Crippen LogP contribution is 2.14. The molecule has 8 heteroatoms. The molecule has 6 nitrogen and oxygen atoms in total. The molecule has 0 bridgehead atoms. The summed E-state index contributed by atoms with van der Waals surface area (Å²) in [7, 11) is -3.62. The first-order valence-electron chi connectivity index (χ1n) is 6.84. The fraction of sp³-hybridized carbons (Fsp3) is 0.200. The van der Waals surface area contributed by atoms with Crippen molar-refractivity contribution >= 4 is 37.7 Å². The van der Waals surface area contributed by atoms with E-state index in [0.717, 1.165) is 10.0 Å². The molecular weight excluding hydrogens is 382 g/mol. The molecule has 0 atom stereocenters. The van der Waals surface area contributed by atoms with Crippen LogP contribution in [-0.4, -0.2) is 25.9 Å². The van der Waals surface area contributed by atoms with Gasteiger partial charge in [-0.2, -0.15) is 0 Å². The summed E-state index contributed by atoms with van der Waals surface area (Å²) in [6, 6.07) is 9.83. The van der Waals surface area contributed by atoms with E-state index in [-0.39, 0.29) is 23.8 Å². The Morgan fingerprint density at radius 2 is 1.91 bits per heavy atom. The number of pyridine rings is 1. The van der Waals surface area contributed by atoms with Crippen LogP contribution in [0.4, 0.5) is 5.82 Å². The van der Waals surface area contributed by atoms with Crippen LogP contribution in [0.2, 0.25) is 0 Å². The van der Waals surface area contributed by atoms with Crippen LogP contribution >= 0.6 is 15.9 Å². The first-order valence-corrected chi connectivity index (χ1v) is 9.12. The van der Waals surface area contributed by atoms with E-state index in [1.807, 2.05) is 13.0 Å². The first kappa shape index (κ1) is 17.6. The number of sulfonamides is 1. The summed E-state index contributed by atoms with van der Waals surface area (Å²) in [6.45, 7) is 1.90. The number of hydrogen-bond acceptors (Lipinski definition) is 4. The fourth-order valence-corrected chi connectivity index (χ4v) is 3.10. The van der Waals surface area contributed by atoms with Gasteiger partial charge in [-0.15, -0.1) is 0 Å². The average molecular weight is 398 g/mol. The van der Waals surface area contributed by atoms with Crippen LogP contribution in [-0.2, 0) is 14.8 Å². The maximum absolute atomic E-state index is 12.1. The van der Waals surface area contributed by atoms with Gasteiger partial charge >= 0.3 is 0 Å². The van der Waals surface area contributed by atoms with Gasteiger partial charge in [0.2, 0.25) is 15.9 Å². The molecule has 0 aliphatic rings. The summed E-state index contributed by atoms with van der Waals surface area (Å²) in [4.78, 5) is 16.0. The predicted octanol–water partition coefficient (Wildman–Crippen LogP) is 2.46. The average Bonchev–Trinajstić information content (AvgIpc) is 2.47. The van der Waals surface area contributed by atoms with Crippen LogP contribution < -0.4 is 10.0 Å². The van der Waals surface area contributed by atoms with Gasteiger partial charge in [-0.25, -0.2) is 18.1 Å². The van der Waals surface area contributed by atoms with E-state index in [4.69, 9.17) is 0 Å². The number of nitrogens with zero attached hydrogens (tertiary/aromatic N) is 1. The Morgan fingerprint density at radius 1 is 1.22 bits per heavy atom. The molecule has 0 aliphatic heterocycles. The van der Waals surface area contributed by atoms with Crippen LogP contribution in [0.15, 0.2) is 52.0 Å². The smallest absolute Gasteiger partial charge is 0.240 e.